The second kappa shape index (κ2) is 6.48. The van der Waals surface area contributed by atoms with Crippen molar-refractivity contribution < 1.29 is 27.5 Å². The summed E-state index contributed by atoms with van der Waals surface area (Å²) in [6.07, 6.45) is -4.63. The van der Waals surface area contributed by atoms with Crippen molar-refractivity contribution in [3.05, 3.63) is 64.2 Å². The van der Waals surface area contributed by atoms with Gasteiger partial charge in [-0.3, -0.25) is 9.59 Å². The molecule has 0 fully saturated rings. The zero-order valence-corrected chi connectivity index (χ0v) is 14.2. The molecule has 0 atom stereocenters. The zero-order chi connectivity index (χ0) is 19.1. The average molecular weight is 363 g/mol. The van der Waals surface area contributed by atoms with Crippen LogP contribution in [-0.4, -0.2) is 23.7 Å². The SMILES string of the molecule is COc1ccc(CN2Cc3c(cc(C(C)=O)cc3C(F)(F)F)C2=O)cc1. The van der Waals surface area contributed by atoms with Gasteiger partial charge in [0.2, 0.25) is 0 Å². The third kappa shape index (κ3) is 3.29. The van der Waals surface area contributed by atoms with Crippen LogP contribution < -0.4 is 4.74 Å². The summed E-state index contributed by atoms with van der Waals surface area (Å²) in [5.74, 6) is -0.376. The Morgan fingerprint density at radius 1 is 1.19 bits per heavy atom. The van der Waals surface area contributed by atoms with Crippen LogP contribution in [0.3, 0.4) is 0 Å². The first kappa shape index (κ1) is 18.0. The lowest BCUT2D eigenvalue weighted by Gasteiger charge is -2.16. The molecule has 0 aliphatic carbocycles. The maximum atomic E-state index is 13.4. The van der Waals surface area contributed by atoms with E-state index >= 15 is 0 Å². The molecule has 0 aromatic heterocycles. The summed E-state index contributed by atoms with van der Waals surface area (Å²) in [6.45, 7) is 1.20. The molecule has 0 bridgehead atoms. The van der Waals surface area contributed by atoms with E-state index in [9.17, 15) is 22.8 Å². The van der Waals surface area contributed by atoms with Gasteiger partial charge in [0.15, 0.2) is 5.78 Å². The van der Waals surface area contributed by atoms with E-state index in [1.807, 2.05) is 0 Å². The van der Waals surface area contributed by atoms with Crippen LogP contribution in [0.1, 0.15) is 44.3 Å². The summed E-state index contributed by atoms with van der Waals surface area (Å²) in [5.41, 5.74) is -0.409. The first-order chi connectivity index (χ1) is 12.2. The molecule has 0 N–H and O–H groups in total. The number of Topliss-reactive ketones (excluding diaryl/α,β-unsaturated/α-hetero) is 1. The van der Waals surface area contributed by atoms with Crippen molar-refractivity contribution in [2.75, 3.05) is 7.11 Å². The van der Waals surface area contributed by atoms with Crippen molar-refractivity contribution in [1.82, 2.24) is 4.90 Å². The van der Waals surface area contributed by atoms with Gasteiger partial charge in [0, 0.05) is 24.2 Å². The van der Waals surface area contributed by atoms with Gasteiger partial charge in [0.25, 0.3) is 5.91 Å². The zero-order valence-electron chi connectivity index (χ0n) is 14.2. The van der Waals surface area contributed by atoms with Gasteiger partial charge in [0.05, 0.1) is 12.7 Å². The Morgan fingerprint density at radius 3 is 2.38 bits per heavy atom. The number of rotatable bonds is 4. The third-order valence-corrected chi connectivity index (χ3v) is 4.36. The van der Waals surface area contributed by atoms with Crippen molar-refractivity contribution in [3.8, 4) is 5.75 Å². The van der Waals surface area contributed by atoms with Crippen LogP contribution in [-0.2, 0) is 19.3 Å². The molecule has 0 saturated carbocycles. The Labute approximate surface area is 148 Å². The van der Waals surface area contributed by atoms with Crippen LogP contribution in [0, 0.1) is 0 Å². The van der Waals surface area contributed by atoms with Gasteiger partial charge in [0.1, 0.15) is 5.75 Å². The minimum atomic E-state index is -4.63. The van der Waals surface area contributed by atoms with E-state index in [0.717, 1.165) is 11.6 Å². The average Bonchev–Trinajstić information content (AvgIpc) is 2.90. The van der Waals surface area contributed by atoms with E-state index in [2.05, 4.69) is 0 Å². The summed E-state index contributed by atoms with van der Waals surface area (Å²) < 4.78 is 45.3. The van der Waals surface area contributed by atoms with E-state index in [0.29, 0.717) is 5.75 Å². The third-order valence-electron chi connectivity index (χ3n) is 4.36. The number of alkyl halides is 3. The normalized spacial score (nSPS) is 13.7. The molecule has 1 aliphatic rings. The maximum Gasteiger partial charge on any atom is 0.416 e. The summed E-state index contributed by atoms with van der Waals surface area (Å²) >= 11 is 0. The summed E-state index contributed by atoms with van der Waals surface area (Å²) in [7, 11) is 1.53. The summed E-state index contributed by atoms with van der Waals surface area (Å²) in [6, 6.07) is 9.02. The fourth-order valence-electron chi connectivity index (χ4n) is 3.00. The molecule has 4 nitrogen and oxygen atoms in total. The predicted molar refractivity (Wildman–Crippen MR) is 88.0 cm³/mol. The number of methoxy groups -OCH3 is 1. The highest BCUT2D eigenvalue weighted by atomic mass is 19.4. The van der Waals surface area contributed by atoms with Gasteiger partial charge < -0.3 is 9.64 Å². The molecule has 1 aliphatic heterocycles. The van der Waals surface area contributed by atoms with Crippen LogP contribution in [0.4, 0.5) is 13.2 Å². The number of ether oxygens (including phenoxy) is 1. The molecule has 7 heteroatoms. The van der Waals surface area contributed by atoms with Gasteiger partial charge in [-0.15, -0.1) is 0 Å². The fraction of sp³-hybridized carbons (Fsp3) is 0.263. The van der Waals surface area contributed by atoms with Crippen molar-refractivity contribution in [2.24, 2.45) is 0 Å². The summed E-state index contributed by atoms with van der Waals surface area (Å²) in [5, 5.41) is 0. The predicted octanol–water partition coefficient (Wildman–Crippen LogP) is 4.07. The number of nitrogens with zero attached hydrogens (tertiary/aromatic N) is 1. The minimum Gasteiger partial charge on any atom is -0.497 e. The number of amides is 1. The van der Waals surface area contributed by atoms with Gasteiger partial charge >= 0.3 is 6.18 Å². The molecule has 0 radical (unpaired) electrons. The quantitative estimate of drug-likeness (QED) is 0.770. The van der Waals surface area contributed by atoms with Crippen molar-refractivity contribution >= 4 is 11.7 Å². The van der Waals surface area contributed by atoms with Gasteiger partial charge in [-0.25, -0.2) is 0 Å². The maximum absolute atomic E-state index is 13.4. The minimum absolute atomic E-state index is 0.0569. The smallest absolute Gasteiger partial charge is 0.416 e. The molecule has 1 amide bonds. The van der Waals surface area contributed by atoms with E-state index in [1.54, 1.807) is 24.3 Å². The highest BCUT2D eigenvalue weighted by Crippen LogP contribution is 2.38. The first-order valence-corrected chi connectivity index (χ1v) is 7.88. The molecule has 0 saturated heterocycles. The Kier molecular flexibility index (Phi) is 4.48. The van der Waals surface area contributed by atoms with E-state index < -0.39 is 23.4 Å². The molecule has 2 aromatic carbocycles. The number of carbonyl (C=O) groups is 2. The number of benzene rings is 2. The number of carbonyl (C=O) groups excluding carboxylic acids is 2. The molecule has 2 aromatic rings. The monoisotopic (exact) mass is 363 g/mol. The molecule has 1 heterocycles. The molecule has 0 spiro atoms. The molecular weight excluding hydrogens is 347 g/mol. The lowest BCUT2D eigenvalue weighted by atomic mass is 9.97. The van der Waals surface area contributed by atoms with Crippen molar-refractivity contribution in [3.63, 3.8) is 0 Å². The van der Waals surface area contributed by atoms with Crippen LogP contribution in [0.15, 0.2) is 36.4 Å². The Hall–Kier alpha value is -2.83. The van der Waals surface area contributed by atoms with Gasteiger partial charge in [-0.2, -0.15) is 13.2 Å². The lowest BCUT2D eigenvalue weighted by Crippen LogP contribution is -2.23. The van der Waals surface area contributed by atoms with Crippen LogP contribution in [0.25, 0.3) is 0 Å². The topological polar surface area (TPSA) is 46.6 Å². The largest absolute Gasteiger partial charge is 0.497 e. The van der Waals surface area contributed by atoms with Gasteiger partial charge in [-0.1, -0.05) is 12.1 Å². The van der Waals surface area contributed by atoms with E-state index in [1.165, 1.54) is 25.0 Å². The molecule has 136 valence electrons. The van der Waals surface area contributed by atoms with Crippen LogP contribution in [0.5, 0.6) is 5.75 Å². The molecule has 3 rings (SSSR count). The lowest BCUT2D eigenvalue weighted by molar-refractivity contribution is -0.138. The Morgan fingerprint density at radius 2 is 1.85 bits per heavy atom. The van der Waals surface area contributed by atoms with Crippen LogP contribution >= 0.6 is 0 Å². The standard InChI is InChI=1S/C19H16F3NO3/c1-11(24)13-7-15-16(17(8-13)19(20,21)22)10-23(18(15)25)9-12-3-5-14(26-2)6-4-12/h3-8H,9-10H2,1-2H3. The Balaban J connectivity index is 1.95. The molecular formula is C19H16F3NO3. The number of hydrogen-bond acceptors (Lipinski definition) is 3. The van der Waals surface area contributed by atoms with E-state index in [4.69, 9.17) is 4.74 Å². The second-order valence-electron chi connectivity index (χ2n) is 6.11. The van der Waals surface area contributed by atoms with Crippen LogP contribution in [0.2, 0.25) is 0 Å². The van der Waals surface area contributed by atoms with E-state index in [-0.39, 0.29) is 29.8 Å². The fourth-order valence-corrected chi connectivity index (χ4v) is 3.00. The second-order valence-corrected chi connectivity index (χ2v) is 6.11. The highest BCUT2D eigenvalue weighted by Gasteiger charge is 2.40. The number of halogens is 3. The Bertz CT molecular complexity index is 873. The van der Waals surface area contributed by atoms with Crippen molar-refractivity contribution in [2.45, 2.75) is 26.2 Å². The highest BCUT2D eigenvalue weighted by molar-refractivity contribution is 6.03. The number of fused-ring (bicyclic) bond motifs is 1. The number of hydrogen-bond donors (Lipinski definition) is 0. The molecule has 0 unspecified atom stereocenters. The first-order valence-electron chi connectivity index (χ1n) is 7.88. The van der Waals surface area contributed by atoms with Gasteiger partial charge in [-0.05, 0) is 42.3 Å². The van der Waals surface area contributed by atoms with Crippen molar-refractivity contribution in [1.29, 1.82) is 0 Å². The summed E-state index contributed by atoms with van der Waals surface area (Å²) in [4.78, 5) is 25.5. The number of ketones is 1. The molecule has 26 heavy (non-hydrogen) atoms.